The molecule has 0 amide bonds. The highest BCUT2D eigenvalue weighted by molar-refractivity contribution is 6.63. The molecule has 0 spiro atoms. The molecule has 0 atom stereocenters. The summed E-state index contributed by atoms with van der Waals surface area (Å²) in [6, 6.07) is 0. The molecule has 1 nitrogen and oxygen atoms in total. The monoisotopic (exact) mass is 230 g/mol. The Kier molecular flexibility index (Phi) is 6.31. The van der Waals surface area contributed by atoms with E-state index in [4.69, 9.17) is 11.6 Å². The van der Waals surface area contributed by atoms with Crippen LogP contribution in [0, 0.1) is 11.8 Å². The van der Waals surface area contributed by atoms with Gasteiger partial charge in [-0.2, -0.15) is 0 Å². The molecular formula is C13H23ClO. The van der Waals surface area contributed by atoms with Gasteiger partial charge in [0.05, 0.1) is 0 Å². The van der Waals surface area contributed by atoms with Crippen molar-refractivity contribution in [3.05, 3.63) is 0 Å². The summed E-state index contributed by atoms with van der Waals surface area (Å²) in [5.41, 5.74) is 0. The fourth-order valence-corrected chi connectivity index (χ4v) is 2.76. The Morgan fingerprint density at radius 2 is 1.80 bits per heavy atom. The molecule has 1 rings (SSSR count). The van der Waals surface area contributed by atoms with Crippen molar-refractivity contribution < 1.29 is 4.79 Å². The summed E-state index contributed by atoms with van der Waals surface area (Å²) in [5, 5.41) is -0.112. The fraction of sp³-hybridized carbons (Fsp3) is 0.923. The quantitative estimate of drug-likeness (QED) is 0.484. The summed E-state index contributed by atoms with van der Waals surface area (Å²) in [5.74, 6) is 1.03. The van der Waals surface area contributed by atoms with Crippen molar-refractivity contribution in [1.82, 2.24) is 0 Å². The van der Waals surface area contributed by atoms with Gasteiger partial charge in [0.1, 0.15) is 0 Å². The third-order valence-electron chi connectivity index (χ3n) is 3.63. The Balaban J connectivity index is 2.07. The Morgan fingerprint density at radius 3 is 2.33 bits per heavy atom. The molecule has 2 heteroatoms. The van der Waals surface area contributed by atoms with Gasteiger partial charge in [-0.1, -0.05) is 39.0 Å². The van der Waals surface area contributed by atoms with Crippen molar-refractivity contribution in [2.75, 3.05) is 0 Å². The van der Waals surface area contributed by atoms with E-state index in [1.165, 1.54) is 44.9 Å². The van der Waals surface area contributed by atoms with Gasteiger partial charge in [0, 0.05) is 5.92 Å². The molecule has 0 N–H and O–H groups in total. The highest BCUT2D eigenvalue weighted by Crippen LogP contribution is 2.33. The van der Waals surface area contributed by atoms with Crippen LogP contribution in [0.3, 0.4) is 0 Å². The van der Waals surface area contributed by atoms with Crippen LogP contribution in [-0.2, 0) is 4.79 Å². The maximum absolute atomic E-state index is 11.0. The van der Waals surface area contributed by atoms with E-state index in [1.54, 1.807) is 0 Å². The molecule has 1 aliphatic carbocycles. The lowest BCUT2D eigenvalue weighted by atomic mass is 9.80. The minimum Gasteiger partial charge on any atom is -0.281 e. The molecule has 0 aromatic carbocycles. The first kappa shape index (κ1) is 13.0. The second-order valence-corrected chi connectivity index (χ2v) is 5.24. The van der Waals surface area contributed by atoms with Crippen LogP contribution in [0.15, 0.2) is 0 Å². The highest BCUT2D eigenvalue weighted by Gasteiger charge is 2.24. The number of carbonyl (C=O) groups is 1. The molecule has 0 bridgehead atoms. The Hall–Kier alpha value is -0.0400. The molecule has 0 aromatic heterocycles. The van der Waals surface area contributed by atoms with Gasteiger partial charge in [0.25, 0.3) is 0 Å². The summed E-state index contributed by atoms with van der Waals surface area (Å²) in [4.78, 5) is 11.0. The molecule has 1 saturated carbocycles. The maximum Gasteiger partial charge on any atom is 0.224 e. The molecule has 88 valence electrons. The molecule has 0 radical (unpaired) electrons. The zero-order valence-corrected chi connectivity index (χ0v) is 10.6. The minimum absolute atomic E-state index is 0.112. The van der Waals surface area contributed by atoms with Crippen molar-refractivity contribution in [1.29, 1.82) is 0 Å². The highest BCUT2D eigenvalue weighted by atomic mass is 35.5. The van der Waals surface area contributed by atoms with Crippen LogP contribution in [0.2, 0.25) is 0 Å². The molecule has 1 aliphatic rings. The van der Waals surface area contributed by atoms with E-state index in [1.807, 2.05) is 0 Å². The van der Waals surface area contributed by atoms with E-state index in [9.17, 15) is 4.79 Å². The molecule has 0 heterocycles. The zero-order valence-electron chi connectivity index (χ0n) is 9.80. The van der Waals surface area contributed by atoms with Crippen LogP contribution in [0.5, 0.6) is 0 Å². The molecule has 15 heavy (non-hydrogen) atoms. The Labute approximate surface area is 98.6 Å². The van der Waals surface area contributed by atoms with E-state index >= 15 is 0 Å². The van der Waals surface area contributed by atoms with Crippen LogP contribution < -0.4 is 0 Å². The summed E-state index contributed by atoms with van der Waals surface area (Å²) < 4.78 is 0. The van der Waals surface area contributed by atoms with E-state index < -0.39 is 0 Å². The third-order valence-corrected chi connectivity index (χ3v) is 3.94. The van der Waals surface area contributed by atoms with Crippen LogP contribution in [0.1, 0.15) is 64.7 Å². The Morgan fingerprint density at radius 1 is 1.13 bits per heavy atom. The second-order valence-electron chi connectivity index (χ2n) is 4.87. The van der Waals surface area contributed by atoms with Gasteiger partial charge in [-0.05, 0) is 43.2 Å². The van der Waals surface area contributed by atoms with E-state index in [2.05, 4.69) is 6.92 Å². The number of carbonyl (C=O) groups excluding carboxylic acids is 1. The standard InChI is InChI=1S/C13H23ClO/c1-2-3-4-5-6-11-7-9-12(10-8-11)13(14)15/h11-12H,2-10H2,1H3. The van der Waals surface area contributed by atoms with Gasteiger partial charge in [0.2, 0.25) is 5.24 Å². The van der Waals surface area contributed by atoms with E-state index in [-0.39, 0.29) is 11.2 Å². The predicted octanol–water partition coefficient (Wildman–Crippen LogP) is 4.53. The average molecular weight is 231 g/mol. The van der Waals surface area contributed by atoms with Crippen molar-refractivity contribution in [2.45, 2.75) is 64.7 Å². The van der Waals surface area contributed by atoms with Gasteiger partial charge in [-0.3, -0.25) is 4.79 Å². The molecular weight excluding hydrogens is 208 g/mol. The summed E-state index contributed by atoms with van der Waals surface area (Å²) in [6.07, 6.45) is 11.3. The van der Waals surface area contributed by atoms with Crippen LogP contribution in [-0.4, -0.2) is 5.24 Å². The largest absolute Gasteiger partial charge is 0.281 e. The van der Waals surface area contributed by atoms with Gasteiger partial charge in [-0.25, -0.2) is 0 Å². The predicted molar refractivity (Wildman–Crippen MR) is 65.1 cm³/mol. The summed E-state index contributed by atoms with van der Waals surface area (Å²) in [6.45, 7) is 2.25. The number of halogens is 1. The van der Waals surface area contributed by atoms with Crippen LogP contribution >= 0.6 is 11.6 Å². The lowest BCUT2D eigenvalue weighted by Crippen LogP contribution is -2.18. The first-order valence-corrected chi connectivity index (χ1v) is 6.81. The summed E-state index contributed by atoms with van der Waals surface area (Å²) >= 11 is 5.51. The molecule has 0 saturated heterocycles. The third kappa shape index (κ3) is 5.01. The first-order chi connectivity index (χ1) is 7.24. The minimum atomic E-state index is -0.112. The average Bonchev–Trinajstić information content (AvgIpc) is 2.25. The van der Waals surface area contributed by atoms with Gasteiger partial charge < -0.3 is 0 Å². The van der Waals surface area contributed by atoms with Crippen molar-refractivity contribution >= 4 is 16.8 Å². The number of hydrogen-bond acceptors (Lipinski definition) is 1. The van der Waals surface area contributed by atoms with E-state index in [0.29, 0.717) is 0 Å². The molecule has 0 aromatic rings. The van der Waals surface area contributed by atoms with Crippen molar-refractivity contribution in [2.24, 2.45) is 11.8 Å². The number of rotatable bonds is 6. The topological polar surface area (TPSA) is 17.1 Å². The van der Waals surface area contributed by atoms with Gasteiger partial charge in [0.15, 0.2) is 0 Å². The second kappa shape index (κ2) is 7.27. The first-order valence-electron chi connectivity index (χ1n) is 6.43. The number of unbranched alkanes of at least 4 members (excludes halogenated alkanes) is 3. The van der Waals surface area contributed by atoms with Crippen molar-refractivity contribution in [3.63, 3.8) is 0 Å². The SMILES string of the molecule is CCCCCCC1CCC(C(=O)Cl)CC1. The summed E-state index contributed by atoms with van der Waals surface area (Å²) in [7, 11) is 0. The lowest BCUT2D eigenvalue weighted by molar-refractivity contribution is -0.116. The maximum atomic E-state index is 11.0. The van der Waals surface area contributed by atoms with Crippen LogP contribution in [0.25, 0.3) is 0 Å². The molecule has 0 unspecified atom stereocenters. The number of hydrogen-bond donors (Lipinski definition) is 0. The normalized spacial score (nSPS) is 26.5. The smallest absolute Gasteiger partial charge is 0.224 e. The van der Waals surface area contributed by atoms with E-state index in [0.717, 1.165) is 18.8 Å². The Bertz CT molecular complexity index is 183. The van der Waals surface area contributed by atoms with Crippen LogP contribution in [0.4, 0.5) is 0 Å². The fourth-order valence-electron chi connectivity index (χ4n) is 2.54. The van der Waals surface area contributed by atoms with Gasteiger partial charge in [-0.15, -0.1) is 0 Å². The molecule has 1 fully saturated rings. The van der Waals surface area contributed by atoms with Gasteiger partial charge >= 0.3 is 0 Å². The molecule has 0 aliphatic heterocycles. The lowest BCUT2D eigenvalue weighted by Gasteiger charge is -2.26. The van der Waals surface area contributed by atoms with Crippen molar-refractivity contribution in [3.8, 4) is 0 Å². The zero-order chi connectivity index (χ0) is 11.1.